The lowest BCUT2D eigenvalue weighted by atomic mass is 10.2. The van der Waals surface area contributed by atoms with Gasteiger partial charge in [0.25, 0.3) is 11.8 Å². The molecule has 0 unspecified atom stereocenters. The first kappa shape index (κ1) is 16.8. The molecule has 2 N–H and O–H groups in total. The Labute approximate surface area is 146 Å². The molecule has 1 aliphatic rings. The van der Waals surface area contributed by atoms with Crippen molar-refractivity contribution in [3.05, 3.63) is 52.8 Å². The number of fused-ring (bicyclic) bond motifs is 1. The van der Waals surface area contributed by atoms with Crippen molar-refractivity contribution < 1.29 is 28.2 Å². The number of carbonyl (C=O) groups excluding carboxylic acids is 2. The van der Waals surface area contributed by atoms with Crippen LogP contribution in [0.2, 0.25) is 5.02 Å². The fourth-order valence-electron chi connectivity index (χ4n) is 2.01. The lowest BCUT2D eigenvalue weighted by molar-refractivity contribution is -0.123. The van der Waals surface area contributed by atoms with Crippen LogP contribution in [0.15, 0.2) is 36.4 Å². The second-order valence-electron chi connectivity index (χ2n) is 4.94. The molecular weight excluding hydrogens is 355 g/mol. The summed E-state index contributed by atoms with van der Waals surface area (Å²) in [4.78, 5) is 23.7. The Morgan fingerprint density at radius 3 is 2.68 bits per heavy atom. The van der Waals surface area contributed by atoms with Gasteiger partial charge in [0.2, 0.25) is 6.79 Å². The van der Waals surface area contributed by atoms with Gasteiger partial charge in [-0.1, -0.05) is 11.6 Å². The molecule has 9 heteroatoms. The van der Waals surface area contributed by atoms with Crippen molar-refractivity contribution in [1.29, 1.82) is 0 Å². The molecular formula is C16H12ClFN2O5. The van der Waals surface area contributed by atoms with Crippen LogP contribution in [-0.2, 0) is 4.79 Å². The summed E-state index contributed by atoms with van der Waals surface area (Å²) in [5, 5.41) is 0.228. The number of hydrogen-bond donors (Lipinski definition) is 2. The van der Waals surface area contributed by atoms with E-state index in [1.807, 2.05) is 0 Å². The zero-order valence-corrected chi connectivity index (χ0v) is 13.4. The van der Waals surface area contributed by atoms with E-state index in [1.165, 1.54) is 36.4 Å². The molecule has 1 heterocycles. The third-order valence-electron chi connectivity index (χ3n) is 3.19. The highest BCUT2D eigenvalue weighted by Crippen LogP contribution is 2.39. The molecule has 3 rings (SSSR count). The van der Waals surface area contributed by atoms with Gasteiger partial charge in [-0.05, 0) is 36.4 Å². The Kier molecular flexibility index (Phi) is 4.90. The minimum Gasteiger partial charge on any atom is -0.484 e. The third kappa shape index (κ3) is 4.10. The molecule has 2 aromatic carbocycles. The van der Waals surface area contributed by atoms with Gasteiger partial charge in [0, 0.05) is 5.56 Å². The highest BCUT2D eigenvalue weighted by Gasteiger charge is 2.20. The van der Waals surface area contributed by atoms with Crippen LogP contribution in [0, 0.1) is 5.82 Å². The molecule has 25 heavy (non-hydrogen) atoms. The van der Waals surface area contributed by atoms with Crippen molar-refractivity contribution >= 4 is 23.4 Å². The minimum absolute atomic E-state index is 0.0254. The van der Waals surface area contributed by atoms with E-state index in [4.69, 9.17) is 25.8 Å². The molecule has 130 valence electrons. The number of carbonyl (C=O) groups is 2. The van der Waals surface area contributed by atoms with Crippen LogP contribution < -0.4 is 25.1 Å². The lowest BCUT2D eigenvalue weighted by Crippen LogP contribution is -2.43. The average Bonchev–Trinajstić information content (AvgIpc) is 3.08. The Morgan fingerprint density at radius 1 is 1.16 bits per heavy atom. The number of ether oxygens (including phenoxy) is 3. The molecule has 2 amide bonds. The summed E-state index contributed by atoms with van der Waals surface area (Å²) in [6.07, 6.45) is 0. The SMILES string of the molecule is O=C(COc1ccc(F)cc1)NNC(=O)c1cc(Cl)c2c(c1)OCO2. The first-order chi connectivity index (χ1) is 12.0. The number of amides is 2. The van der Waals surface area contributed by atoms with Crippen LogP contribution >= 0.6 is 11.6 Å². The third-order valence-corrected chi connectivity index (χ3v) is 3.47. The average molecular weight is 367 g/mol. The molecule has 0 bridgehead atoms. The maximum absolute atomic E-state index is 12.8. The molecule has 0 saturated carbocycles. The van der Waals surface area contributed by atoms with Gasteiger partial charge in [0.1, 0.15) is 11.6 Å². The topological polar surface area (TPSA) is 85.9 Å². The number of hydrazine groups is 1. The summed E-state index contributed by atoms with van der Waals surface area (Å²) < 4.78 is 28.2. The Bertz CT molecular complexity index is 813. The second-order valence-corrected chi connectivity index (χ2v) is 5.34. The van der Waals surface area contributed by atoms with Crippen molar-refractivity contribution in [1.82, 2.24) is 10.9 Å². The molecule has 0 radical (unpaired) electrons. The van der Waals surface area contributed by atoms with Gasteiger partial charge in [0.05, 0.1) is 5.02 Å². The van der Waals surface area contributed by atoms with E-state index in [0.29, 0.717) is 17.2 Å². The Morgan fingerprint density at radius 2 is 1.92 bits per heavy atom. The zero-order valence-electron chi connectivity index (χ0n) is 12.7. The van der Waals surface area contributed by atoms with Gasteiger partial charge in [-0.25, -0.2) is 4.39 Å². The first-order valence-electron chi connectivity index (χ1n) is 7.09. The number of benzene rings is 2. The smallest absolute Gasteiger partial charge is 0.276 e. The van der Waals surface area contributed by atoms with Gasteiger partial charge in [-0.3, -0.25) is 20.4 Å². The second kappa shape index (κ2) is 7.27. The van der Waals surface area contributed by atoms with Crippen molar-refractivity contribution in [2.75, 3.05) is 13.4 Å². The van der Waals surface area contributed by atoms with E-state index < -0.39 is 17.6 Å². The van der Waals surface area contributed by atoms with Crippen molar-refractivity contribution in [2.45, 2.75) is 0 Å². The predicted octanol–water partition coefficient (Wildman–Crippen LogP) is 2.05. The summed E-state index contributed by atoms with van der Waals surface area (Å²) in [6, 6.07) is 8.03. The van der Waals surface area contributed by atoms with Crippen LogP contribution in [0.3, 0.4) is 0 Å². The quantitative estimate of drug-likeness (QED) is 0.809. The lowest BCUT2D eigenvalue weighted by Gasteiger charge is -2.09. The van der Waals surface area contributed by atoms with E-state index in [0.717, 1.165) is 0 Å². The Balaban J connectivity index is 1.51. The summed E-state index contributed by atoms with van der Waals surface area (Å²) in [7, 11) is 0. The summed E-state index contributed by atoms with van der Waals surface area (Å²) >= 11 is 5.99. The largest absolute Gasteiger partial charge is 0.484 e. The van der Waals surface area contributed by atoms with E-state index in [-0.39, 0.29) is 24.0 Å². The molecule has 0 fully saturated rings. The van der Waals surface area contributed by atoms with E-state index in [1.54, 1.807) is 0 Å². The molecule has 0 aromatic heterocycles. The van der Waals surface area contributed by atoms with E-state index in [2.05, 4.69) is 10.9 Å². The van der Waals surface area contributed by atoms with E-state index in [9.17, 15) is 14.0 Å². The summed E-state index contributed by atoms with van der Waals surface area (Å²) in [5.74, 6) is -0.546. The fourth-order valence-corrected chi connectivity index (χ4v) is 2.28. The molecule has 0 aliphatic carbocycles. The molecule has 7 nitrogen and oxygen atoms in total. The molecule has 0 spiro atoms. The first-order valence-corrected chi connectivity index (χ1v) is 7.47. The van der Waals surface area contributed by atoms with Crippen molar-refractivity contribution in [3.8, 4) is 17.2 Å². The number of nitrogens with one attached hydrogen (secondary N) is 2. The summed E-state index contributed by atoms with van der Waals surface area (Å²) in [5.41, 5.74) is 4.61. The number of rotatable bonds is 4. The normalized spacial score (nSPS) is 11.8. The van der Waals surface area contributed by atoms with Gasteiger partial charge < -0.3 is 14.2 Å². The maximum Gasteiger partial charge on any atom is 0.276 e. The van der Waals surface area contributed by atoms with Crippen LogP contribution in [0.5, 0.6) is 17.2 Å². The predicted molar refractivity (Wildman–Crippen MR) is 85.1 cm³/mol. The Hall–Kier alpha value is -3.00. The molecule has 0 saturated heterocycles. The molecule has 1 aliphatic heterocycles. The van der Waals surface area contributed by atoms with Gasteiger partial charge in [-0.15, -0.1) is 0 Å². The van der Waals surface area contributed by atoms with Crippen LogP contribution in [0.25, 0.3) is 0 Å². The molecule has 2 aromatic rings. The van der Waals surface area contributed by atoms with Crippen LogP contribution in [0.4, 0.5) is 4.39 Å². The van der Waals surface area contributed by atoms with Gasteiger partial charge in [-0.2, -0.15) is 0 Å². The highest BCUT2D eigenvalue weighted by molar-refractivity contribution is 6.32. The van der Waals surface area contributed by atoms with Crippen molar-refractivity contribution in [2.24, 2.45) is 0 Å². The molecule has 0 atom stereocenters. The maximum atomic E-state index is 12.8. The fraction of sp³-hybridized carbons (Fsp3) is 0.125. The van der Waals surface area contributed by atoms with Gasteiger partial charge >= 0.3 is 0 Å². The van der Waals surface area contributed by atoms with Crippen LogP contribution in [-0.4, -0.2) is 25.2 Å². The standard InChI is InChI=1S/C16H12ClFN2O5/c17-12-5-9(6-13-15(12)25-8-24-13)16(22)20-19-14(21)7-23-11-3-1-10(18)2-4-11/h1-6H,7-8H2,(H,19,21)(H,20,22). The number of halogens is 2. The minimum atomic E-state index is -0.593. The zero-order chi connectivity index (χ0) is 17.8. The highest BCUT2D eigenvalue weighted by atomic mass is 35.5. The van der Waals surface area contributed by atoms with E-state index >= 15 is 0 Å². The number of hydrogen-bond acceptors (Lipinski definition) is 5. The summed E-state index contributed by atoms with van der Waals surface area (Å²) in [6.45, 7) is -0.328. The monoisotopic (exact) mass is 366 g/mol. The van der Waals surface area contributed by atoms with Crippen LogP contribution in [0.1, 0.15) is 10.4 Å². The van der Waals surface area contributed by atoms with Crippen molar-refractivity contribution in [3.63, 3.8) is 0 Å². The van der Waals surface area contributed by atoms with Gasteiger partial charge in [0.15, 0.2) is 18.1 Å².